The Morgan fingerprint density at radius 2 is 1.77 bits per heavy atom. The van der Waals surface area contributed by atoms with E-state index in [4.69, 9.17) is 4.84 Å². The Morgan fingerprint density at radius 1 is 1.07 bits per heavy atom. The van der Waals surface area contributed by atoms with Gasteiger partial charge in [0.1, 0.15) is 0 Å². The maximum atomic E-state index is 12.7. The topological polar surface area (TPSA) is 41.6 Å². The van der Waals surface area contributed by atoms with Crippen molar-refractivity contribution >= 4 is 17.3 Å². The highest BCUT2D eigenvalue weighted by molar-refractivity contribution is 5.75. The van der Waals surface area contributed by atoms with Gasteiger partial charge in [-0.1, -0.05) is 12.1 Å². The van der Waals surface area contributed by atoms with E-state index in [9.17, 15) is 18.0 Å². The van der Waals surface area contributed by atoms with Crippen LogP contribution in [0.5, 0.6) is 0 Å². The summed E-state index contributed by atoms with van der Waals surface area (Å²) >= 11 is 0. The van der Waals surface area contributed by atoms with Gasteiger partial charge in [0.05, 0.1) is 11.0 Å². The second-order valence-corrected chi connectivity index (χ2v) is 8.68. The molecule has 0 radical (unpaired) electrons. The van der Waals surface area contributed by atoms with Gasteiger partial charge in [-0.3, -0.25) is 0 Å². The third-order valence-electron chi connectivity index (χ3n) is 5.07. The predicted octanol–water partition coefficient (Wildman–Crippen LogP) is 6.13. The first-order chi connectivity index (χ1) is 14.0. The maximum Gasteiger partial charge on any atom is 0.416 e. The summed E-state index contributed by atoms with van der Waals surface area (Å²) in [5.41, 5.74) is 1.26. The van der Waals surface area contributed by atoms with Crippen LogP contribution >= 0.6 is 0 Å². The van der Waals surface area contributed by atoms with Crippen molar-refractivity contribution < 1.29 is 22.8 Å². The number of alkyl halides is 3. The molecule has 1 aliphatic heterocycles. The summed E-state index contributed by atoms with van der Waals surface area (Å²) < 4.78 is 38.2. The lowest BCUT2D eigenvalue weighted by Crippen LogP contribution is -2.39. The van der Waals surface area contributed by atoms with Crippen LogP contribution in [0.3, 0.4) is 0 Å². The molecule has 1 heterocycles. The minimum Gasteiger partial charge on any atom is -0.367 e. The van der Waals surface area contributed by atoms with Crippen LogP contribution in [-0.4, -0.2) is 24.1 Å². The van der Waals surface area contributed by atoms with Crippen LogP contribution in [0.1, 0.15) is 50.7 Å². The van der Waals surface area contributed by atoms with Crippen LogP contribution in [0.2, 0.25) is 0 Å². The maximum absolute atomic E-state index is 12.7. The number of piperidine rings is 1. The molecular formula is C23H27F3N2O2. The van der Waals surface area contributed by atoms with Gasteiger partial charge in [-0.2, -0.15) is 13.2 Å². The number of rotatable bonds is 4. The van der Waals surface area contributed by atoms with E-state index in [1.165, 1.54) is 12.1 Å². The third kappa shape index (κ3) is 5.75. The standard InChI is InChI=1S/C23H27F3N2O2/c1-22(2,3)21(29)30-28-13-5-7-17(15-28)16-6-4-8-20(14-16)27-19-11-9-18(10-12-19)23(24,25)26/h4,6,8-12,14,17,27H,5,7,13,15H2,1-3H3. The molecule has 1 unspecified atom stereocenters. The van der Waals surface area contributed by atoms with E-state index in [0.29, 0.717) is 18.8 Å². The van der Waals surface area contributed by atoms with Gasteiger partial charge < -0.3 is 10.2 Å². The largest absolute Gasteiger partial charge is 0.416 e. The van der Waals surface area contributed by atoms with Crippen molar-refractivity contribution in [2.45, 2.75) is 45.7 Å². The van der Waals surface area contributed by atoms with Crippen molar-refractivity contribution in [1.29, 1.82) is 0 Å². The fourth-order valence-corrected chi connectivity index (χ4v) is 3.33. The quantitative estimate of drug-likeness (QED) is 0.646. The Morgan fingerprint density at radius 3 is 2.40 bits per heavy atom. The number of hydroxylamine groups is 2. The molecule has 7 heteroatoms. The number of anilines is 2. The first-order valence-electron chi connectivity index (χ1n) is 10.0. The highest BCUT2D eigenvalue weighted by atomic mass is 19.4. The molecule has 1 saturated heterocycles. The van der Waals surface area contributed by atoms with Gasteiger partial charge in [0.2, 0.25) is 0 Å². The van der Waals surface area contributed by atoms with E-state index >= 15 is 0 Å². The summed E-state index contributed by atoms with van der Waals surface area (Å²) in [5, 5.41) is 4.89. The summed E-state index contributed by atoms with van der Waals surface area (Å²) in [5.74, 6) is -0.0401. The van der Waals surface area contributed by atoms with Crippen molar-refractivity contribution in [2.75, 3.05) is 18.4 Å². The zero-order chi connectivity index (χ0) is 21.9. The average Bonchev–Trinajstić information content (AvgIpc) is 2.67. The highest BCUT2D eigenvalue weighted by Crippen LogP contribution is 2.32. The van der Waals surface area contributed by atoms with Crippen molar-refractivity contribution in [3.8, 4) is 0 Å². The first-order valence-corrected chi connectivity index (χ1v) is 10.0. The van der Waals surface area contributed by atoms with Gasteiger partial charge in [-0.15, -0.1) is 5.06 Å². The van der Waals surface area contributed by atoms with Crippen molar-refractivity contribution in [2.24, 2.45) is 5.41 Å². The molecule has 0 aliphatic carbocycles. The lowest BCUT2D eigenvalue weighted by Gasteiger charge is -2.33. The Labute approximate surface area is 175 Å². The second-order valence-electron chi connectivity index (χ2n) is 8.68. The molecule has 30 heavy (non-hydrogen) atoms. The Bertz CT molecular complexity index is 873. The van der Waals surface area contributed by atoms with Gasteiger partial charge in [0, 0.05) is 30.4 Å². The van der Waals surface area contributed by atoms with Gasteiger partial charge in [0.25, 0.3) is 0 Å². The molecule has 1 fully saturated rings. The zero-order valence-corrected chi connectivity index (χ0v) is 17.4. The average molecular weight is 420 g/mol. The molecule has 2 aromatic rings. The number of hydrogen-bond acceptors (Lipinski definition) is 4. The number of carbonyl (C=O) groups excluding carboxylic acids is 1. The zero-order valence-electron chi connectivity index (χ0n) is 17.4. The van der Waals surface area contributed by atoms with Crippen LogP contribution in [0, 0.1) is 5.41 Å². The number of nitrogens with one attached hydrogen (secondary N) is 1. The molecule has 0 bridgehead atoms. The molecule has 3 rings (SSSR count). The molecule has 0 saturated carbocycles. The molecule has 1 aliphatic rings. The van der Waals surface area contributed by atoms with E-state index in [2.05, 4.69) is 5.32 Å². The van der Waals surface area contributed by atoms with Crippen LogP contribution in [-0.2, 0) is 15.8 Å². The molecule has 1 atom stereocenters. The number of hydrogen-bond donors (Lipinski definition) is 1. The minimum absolute atomic E-state index is 0.209. The molecular weight excluding hydrogens is 393 g/mol. The molecule has 0 aromatic heterocycles. The van der Waals surface area contributed by atoms with Gasteiger partial charge in [-0.25, -0.2) is 4.79 Å². The van der Waals surface area contributed by atoms with Crippen molar-refractivity contribution in [3.05, 3.63) is 59.7 Å². The van der Waals surface area contributed by atoms with Crippen LogP contribution in [0.15, 0.2) is 48.5 Å². The number of carbonyl (C=O) groups is 1. The summed E-state index contributed by atoms with van der Waals surface area (Å²) in [6, 6.07) is 12.8. The second kappa shape index (κ2) is 8.68. The van der Waals surface area contributed by atoms with Crippen molar-refractivity contribution in [3.63, 3.8) is 0 Å². The molecule has 4 nitrogen and oxygen atoms in total. The minimum atomic E-state index is -4.35. The number of benzene rings is 2. The van der Waals surface area contributed by atoms with E-state index in [1.807, 2.05) is 45.0 Å². The van der Waals surface area contributed by atoms with Gasteiger partial charge in [0.15, 0.2) is 0 Å². The fraction of sp³-hybridized carbons (Fsp3) is 0.435. The number of nitrogens with zero attached hydrogens (tertiary/aromatic N) is 1. The van der Waals surface area contributed by atoms with Gasteiger partial charge >= 0.3 is 12.1 Å². The normalized spacial score (nSPS) is 18.1. The van der Waals surface area contributed by atoms with Crippen LogP contribution < -0.4 is 5.32 Å². The molecule has 2 aromatic carbocycles. The number of halogens is 3. The summed E-state index contributed by atoms with van der Waals surface area (Å²) in [7, 11) is 0. The van der Waals surface area contributed by atoms with Crippen LogP contribution in [0.4, 0.5) is 24.5 Å². The third-order valence-corrected chi connectivity index (χ3v) is 5.07. The predicted molar refractivity (Wildman–Crippen MR) is 110 cm³/mol. The first kappa shape index (κ1) is 22.2. The Balaban J connectivity index is 1.67. The van der Waals surface area contributed by atoms with E-state index in [-0.39, 0.29) is 11.9 Å². The smallest absolute Gasteiger partial charge is 0.367 e. The summed E-state index contributed by atoms with van der Waals surface area (Å²) in [6.07, 6.45) is -2.45. The van der Waals surface area contributed by atoms with E-state index < -0.39 is 17.2 Å². The lowest BCUT2D eigenvalue weighted by molar-refractivity contribution is -0.205. The van der Waals surface area contributed by atoms with E-state index in [0.717, 1.165) is 36.2 Å². The van der Waals surface area contributed by atoms with Gasteiger partial charge in [-0.05, 0) is 75.6 Å². The monoisotopic (exact) mass is 420 g/mol. The Hall–Kier alpha value is -2.54. The summed E-state index contributed by atoms with van der Waals surface area (Å²) in [4.78, 5) is 17.7. The van der Waals surface area contributed by atoms with Crippen LogP contribution in [0.25, 0.3) is 0 Å². The fourth-order valence-electron chi connectivity index (χ4n) is 3.33. The summed E-state index contributed by atoms with van der Waals surface area (Å²) in [6.45, 7) is 6.81. The molecule has 162 valence electrons. The highest BCUT2D eigenvalue weighted by Gasteiger charge is 2.30. The molecule has 0 spiro atoms. The van der Waals surface area contributed by atoms with E-state index in [1.54, 1.807) is 5.06 Å². The molecule has 0 amide bonds. The van der Waals surface area contributed by atoms with Crippen molar-refractivity contribution in [1.82, 2.24) is 5.06 Å². The Kier molecular flexibility index (Phi) is 6.41. The lowest BCUT2D eigenvalue weighted by atomic mass is 9.91. The SMILES string of the molecule is CC(C)(C)C(=O)ON1CCCC(c2cccc(Nc3ccc(C(F)(F)F)cc3)c2)C1. The molecule has 1 N–H and O–H groups in total.